The number of aryl methyl sites for hydroxylation is 1. The van der Waals surface area contributed by atoms with Gasteiger partial charge in [-0.1, -0.05) is 13.0 Å². The summed E-state index contributed by atoms with van der Waals surface area (Å²) in [5.74, 6) is 0.708. The van der Waals surface area contributed by atoms with E-state index < -0.39 is 5.97 Å². The number of nitrogens with zero attached hydrogens (tertiary/aromatic N) is 3. The van der Waals surface area contributed by atoms with Gasteiger partial charge in [-0.25, -0.2) is 9.78 Å². The highest BCUT2D eigenvalue weighted by molar-refractivity contribution is 5.94. The molecule has 0 unspecified atom stereocenters. The molecule has 0 atom stereocenters. The molecule has 5 nitrogen and oxygen atoms in total. The quantitative estimate of drug-likeness (QED) is 0.876. The molecular formula is C12H15N3O2. The fraction of sp³-hybridized carbons (Fsp3) is 0.333. The number of carboxylic acids is 1. The molecule has 2 rings (SSSR count). The minimum atomic E-state index is -0.988. The molecule has 0 saturated heterocycles. The first kappa shape index (κ1) is 11.4. The maximum atomic E-state index is 11.1. The maximum Gasteiger partial charge on any atom is 0.356 e. The normalized spacial score (nSPS) is 10.8. The van der Waals surface area contributed by atoms with Crippen molar-refractivity contribution in [3.63, 3.8) is 0 Å². The lowest BCUT2D eigenvalue weighted by atomic mass is 10.3. The minimum Gasteiger partial charge on any atom is -0.476 e. The third-order valence-corrected chi connectivity index (χ3v) is 2.69. The lowest BCUT2D eigenvalue weighted by molar-refractivity contribution is 0.0693. The van der Waals surface area contributed by atoms with Crippen LogP contribution in [-0.4, -0.2) is 34.6 Å². The standard InChI is InChI=1S/C12H15N3O2/c1-4-9-13-11(12(16)17)8-6-5-7-10(14(2)3)15(8)9/h5-7H,4H2,1-3H3,(H,16,17). The van der Waals surface area contributed by atoms with E-state index in [1.54, 1.807) is 6.07 Å². The van der Waals surface area contributed by atoms with Crippen LogP contribution in [0.5, 0.6) is 0 Å². The van der Waals surface area contributed by atoms with E-state index in [1.807, 2.05) is 42.5 Å². The molecule has 0 aliphatic carbocycles. The first-order valence-electron chi connectivity index (χ1n) is 5.47. The third-order valence-electron chi connectivity index (χ3n) is 2.69. The van der Waals surface area contributed by atoms with Gasteiger partial charge in [0.2, 0.25) is 0 Å². The number of imidazole rings is 1. The smallest absolute Gasteiger partial charge is 0.356 e. The largest absolute Gasteiger partial charge is 0.476 e. The second-order valence-corrected chi connectivity index (χ2v) is 4.03. The van der Waals surface area contributed by atoms with Crippen LogP contribution in [0, 0.1) is 0 Å². The summed E-state index contributed by atoms with van der Waals surface area (Å²) in [5.41, 5.74) is 0.756. The van der Waals surface area contributed by atoms with Gasteiger partial charge in [0.1, 0.15) is 11.6 Å². The molecule has 17 heavy (non-hydrogen) atoms. The average Bonchev–Trinajstić information content (AvgIpc) is 2.67. The summed E-state index contributed by atoms with van der Waals surface area (Å²) in [4.78, 5) is 17.3. The van der Waals surface area contributed by atoms with Crippen molar-refractivity contribution in [3.8, 4) is 0 Å². The van der Waals surface area contributed by atoms with E-state index in [0.29, 0.717) is 11.9 Å². The Hall–Kier alpha value is -2.04. The highest BCUT2D eigenvalue weighted by Gasteiger charge is 2.17. The molecular weight excluding hydrogens is 218 g/mol. The van der Waals surface area contributed by atoms with E-state index in [0.717, 1.165) is 11.6 Å². The Morgan fingerprint density at radius 3 is 2.71 bits per heavy atom. The number of pyridine rings is 1. The van der Waals surface area contributed by atoms with Gasteiger partial charge in [-0.15, -0.1) is 0 Å². The second kappa shape index (κ2) is 4.08. The Balaban J connectivity index is 2.84. The van der Waals surface area contributed by atoms with Crippen LogP contribution in [-0.2, 0) is 6.42 Å². The third kappa shape index (κ3) is 1.73. The van der Waals surface area contributed by atoms with E-state index in [9.17, 15) is 4.79 Å². The molecule has 5 heteroatoms. The zero-order valence-corrected chi connectivity index (χ0v) is 10.1. The van der Waals surface area contributed by atoms with Crippen LogP contribution < -0.4 is 4.90 Å². The molecule has 90 valence electrons. The zero-order valence-electron chi connectivity index (χ0n) is 10.1. The first-order valence-corrected chi connectivity index (χ1v) is 5.47. The van der Waals surface area contributed by atoms with Crippen molar-refractivity contribution in [2.24, 2.45) is 0 Å². The van der Waals surface area contributed by atoms with Crippen molar-refractivity contribution in [1.29, 1.82) is 0 Å². The number of anilines is 1. The number of rotatable bonds is 3. The van der Waals surface area contributed by atoms with Gasteiger partial charge in [0.25, 0.3) is 0 Å². The fourth-order valence-electron chi connectivity index (χ4n) is 1.93. The van der Waals surface area contributed by atoms with E-state index in [-0.39, 0.29) is 5.69 Å². The Morgan fingerprint density at radius 2 is 2.18 bits per heavy atom. The first-order chi connectivity index (χ1) is 8.06. The van der Waals surface area contributed by atoms with Crippen LogP contribution in [0.2, 0.25) is 0 Å². The predicted octanol–water partition coefficient (Wildman–Crippen LogP) is 1.66. The van der Waals surface area contributed by atoms with Crippen molar-refractivity contribution in [2.45, 2.75) is 13.3 Å². The number of hydrogen-bond donors (Lipinski definition) is 1. The van der Waals surface area contributed by atoms with Gasteiger partial charge in [-0.05, 0) is 12.1 Å². The van der Waals surface area contributed by atoms with Crippen LogP contribution in [0.4, 0.5) is 5.82 Å². The van der Waals surface area contributed by atoms with E-state index in [1.165, 1.54) is 0 Å². The number of hydrogen-bond acceptors (Lipinski definition) is 3. The van der Waals surface area contributed by atoms with Crippen LogP contribution in [0.3, 0.4) is 0 Å². The monoisotopic (exact) mass is 233 g/mol. The molecule has 0 fully saturated rings. The van der Waals surface area contributed by atoms with Crippen molar-refractivity contribution in [3.05, 3.63) is 29.7 Å². The van der Waals surface area contributed by atoms with Crippen LogP contribution in [0.25, 0.3) is 5.52 Å². The van der Waals surface area contributed by atoms with Crippen molar-refractivity contribution < 1.29 is 9.90 Å². The minimum absolute atomic E-state index is 0.116. The summed E-state index contributed by atoms with van der Waals surface area (Å²) < 4.78 is 1.89. The van der Waals surface area contributed by atoms with Crippen LogP contribution in [0.1, 0.15) is 23.2 Å². The summed E-state index contributed by atoms with van der Waals surface area (Å²) >= 11 is 0. The molecule has 0 saturated carbocycles. The second-order valence-electron chi connectivity index (χ2n) is 4.03. The Morgan fingerprint density at radius 1 is 1.47 bits per heavy atom. The van der Waals surface area contributed by atoms with Crippen molar-refractivity contribution >= 4 is 17.3 Å². The molecule has 0 radical (unpaired) electrons. The molecule has 0 amide bonds. The fourth-order valence-corrected chi connectivity index (χ4v) is 1.93. The molecule has 0 aliphatic rings. The Kier molecular flexibility index (Phi) is 2.75. The van der Waals surface area contributed by atoms with E-state index >= 15 is 0 Å². The van der Waals surface area contributed by atoms with Gasteiger partial charge in [0.05, 0.1) is 5.52 Å². The molecule has 2 heterocycles. The van der Waals surface area contributed by atoms with Crippen molar-refractivity contribution in [2.75, 3.05) is 19.0 Å². The van der Waals surface area contributed by atoms with Crippen LogP contribution in [0.15, 0.2) is 18.2 Å². The molecule has 1 N–H and O–H groups in total. The Bertz CT molecular complexity index is 572. The molecule has 0 spiro atoms. The van der Waals surface area contributed by atoms with E-state index in [4.69, 9.17) is 5.11 Å². The highest BCUT2D eigenvalue weighted by atomic mass is 16.4. The van der Waals surface area contributed by atoms with Crippen molar-refractivity contribution in [1.82, 2.24) is 9.38 Å². The summed E-state index contributed by atoms with van der Waals surface area (Å²) in [6.45, 7) is 1.97. The molecule has 2 aromatic rings. The summed E-state index contributed by atoms with van der Waals surface area (Å²) in [6, 6.07) is 5.57. The van der Waals surface area contributed by atoms with Gasteiger partial charge < -0.3 is 10.0 Å². The summed E-state index contributed by atoms with van der Waals surface area (Å²) in [7, 11) is 3.85. The number of carbonyl (C=O) groups is 1. The molecule has 0 aliphatic heterocycles. The number of fused-ring (bicyclic) bond motifs is 1. The van der Waals surface area contributed by atoms with Gasteiger partial charge in [-0.2, -0.15) is 0 Å². The number of aromatic carboxylic acids is 1. The molecule has 0 bridgehead atoms. The average molecular weight is 233 g/mol. The topological polar surface area (TPSA) is 57.8 Å². The van der Waals surface area contributed by atoms with Gasteiger partial charge in [0.15, 0.2) is 5.69 Å². The van der Waals surface area contributed by atoms with Gasteiger partial charge >= 0.3 is 5.97 Å². The number of aromatic nitrogens is 2. The highest BCUT2D eigenvalue weighted by Crippen LogP contribution is 2.21. The lowest BCUT2D eigenvalue weighted by Crippen LogP contribution is -2.13. The molecule has 2 aromatic heterocycles. The maximum absolute atomic E-state index is 11.1. The Labute approximate surface area is 99.3 Å². The van der Waals surface area contributed by atoms with E-state index in [2.05, 4.69) is 4.98 Å². The summed E-state index contributed by atoms with van der Waals surface area (Å²) in [6.07, 6.45) is 0.694. The zero-order chi connectivity index (χ0) is 12.6. The van der Waals surface area contributed by atoms with Crippen LogP contribution >= 0.6 is 0 Å². The SMILES string of the molecule is CCc1nc(C(=O)O)c2cccc(N(C)C)n12. The summed E-state index contributed by atoms with van der Waals surface area (Å²) in [5, 5.41) is 9.13. The molecule has 0 aromatic carbocycles. The van der Waals surface area contributed by atoms with Gasteiger partial charge in [0, 0.05) is 20.5 Å². The lowest BCUT2D eigenvalue weighted by Gasteiger charge is -2.15. The predicted molar refractivity (Wildman–Crippen MR) is 65.9 cm³/mol. The number of carboxylic acid groups (broad SMARTS) is 1. The van der Waals surface area contributed by atoms with Gasteiger partial charge in [-0.3, -0.25) is 4.40 Å².